The first-order chi connectivity index (χ1) is 11.1. The molecule has 0 aliphatic carbocycles. The highest BCUT2D eigenvalue weighted by Gasteiger charge is 1.96. The van der Waals surface area contributed by atoms with Crippen LogP contribution in [0, 0.1) is 0 Å². The molecule has 0 amide bonds. The molecule has 0 aliphatic rings. The second kappa shape index (κ2) is 16.7. The quantitative estimate of drug-likeness (QED) is 0.277. The highest BCUT2D eigenvalue weighted by Crippen LogP contribution is 2.10. The van der Waals surface area contributed by atoms with Crippen LogP contribution in [-0.4, -0.2) is 45.2 Å². The monoisotopic (exact) mass is 351 g/mol. The number of hydrogen-bond donors (Lipinski definition) is 0. The third-order valence-electron chi connectivity index (χ3n) is 3.70. The minimum Gasteiger partial charge on any atom is -0.748 e. The summed E-state index contributed by atoms with van der Waals surface area (Å²) in [5.74, 6) is -0.355. The topological polar surface area (TPSA) is 75.7 Å². The molecule has 0 aromatic rings. The van der Waals surface area contributed by atoms with Gasteiger partial charge in [-0.3, -0.25) is 0 Å². The van der Waals surface area contributed by atoms with Gasteiger partial charge in [0.05, 0.1) is 23.3 Å². The summed E-state index contributed by atoms with van der Waals surface area (Å²) >= 11 is 0. The first-order valence-corrected chi connectivity index (χ1v) is 10.7. The molecular weight excluding hydrogens is 316 g/mol. The fourth-order valence-electron chi connectivity index (χ4n) is 2.35. The van der Waals surface area contributed by atoms with Gasteiger partial charge in [0, 0.05) is 19.0 Å². The molecule has 140 valence electrons. The molecule has 0 rings (SSSR count). The molecule has 0 saturated heterocycles. The van der Waals surface area contributed by atoms with E-state index >= 15 is 0 Å². The maximum absolute atomic E-state index is 10.4. The molecule has 0 unspecified atom stereocenters. The van der Waals surface area contributed by atoms with Crippen LogP contribution in [0.5, 0.6) is 0 Å². The lowest BCUT2D eigenvalue weighted by atomic mass is 10.1. The summed E-state index contributed by atoms with van der Waals surface area (Å²) in [6, 6.07) is 0. The average molecular weight is 352 g/mol. The molecule has 0 fully saturated rings. The molecule has 0 aliphatic heterocycles. The Morgan fingerprint density at radius 3 is 1.57 bits per heavy atom. The van der Waals surface area contributed by atoms with Crippen molar-refractivity contribution in [1.82, 2.24) is 0 Å². The Morgan fingerprint density at radius 1 is 0.652 bits per heavy atom. The molecule has 5 nitrogen and oxygen atoms in total. The van der Waals surface area contributed by atoms with Crippen LogP contribution in [-0.2, 0) is 19.6 Å². The average Bonchev–Trinajstić information content (AvgIpc) is 2.49. The molecule has 0 aromatic carbocycles. The number of hydrogen-bond acceptors (Lipinski definition) is 5. The zero-order valence-corrected chi connectivity index (χ0v) is 15.6. The summed E-state index contributed by atoms with van der Waals surface area (Å²) in [6.45, 7) is 4.28. The number of rotatable bonds is 18. The molecule has 0 saturated carbocycles. The minimum absolute atomic E-state index is 0.254. The van der Waals surface area contributed by atoms with Crippen molar-refractivity contribution < 1.29 is 22.4 Å². The van der Waals surface area contributed by atoms with Crippen molar-refractivity contribution in [3.8, 4) is 0 Å². The molecule has 0 spiro atoms. The Morgan fingerprint density at radius 2 is 1.09 bits per heavy atom. The fourth-order valence-corrected chi connectivity index (χ4v) is 2.82. The van der Waals surface area contributed by atoms with Crippen LogP contribution in [0.3, 0.4) is 0 Å². The summed E-state index contributed by atoms with van der Waals surface area (Å²) in [6.07, 6.45) is 13.4. The van der Waals surface area contributed by atoms with Crippen LogP contribution >= 0.6 is 0 Å². The summed E-state index contributed by atoms with van der Waals surface area (Å²) in [4.78, 5) is 0. The summed E-state index contributed by atoms with van der Waals surface area (Å²) in [7, 11) is -4.11. The molecule has 0 heterocycles. The van der Waals surface area contributed by atoms with Gasteiger partial charge in [-0.1, -0.05) is 64.7 Å². The van der Waals surface area contributed by atoms with Gasteiger partial charge in [-0.25, -0.2) is 8.42 Å². The van der Waals surface area contributed by atoms with E-state index in [0.29, 0.717) is 19.8 Å². The van der Waals surface area contributed by atoms with Crippen molar-refractivity contribution in [2.75, 3.05) is 32.2 Å². The molecule has 0 N–H and O–H groups in total. The second-order valence-electron chi connectivity index (χ2n) is 6.02. The maximum Gasteiger partial charge on any atom is 0.0946 e. The molecule has 0 atom stereocenters. The maximum atomic E-state index is 10.4. The Balaban J connectivity index is 3.03. The lowest BCUT2D eigenvalue weighted by Gasteiger charge is -2.08. The Bertz CT molecular complexity index is 330. The van der Waals surface area contributed by atoms with Crippen LogP contribution in [0.25, 0.3) is 0 Å². The van der Waals surface area contributed by atoms with Crippen LogP contribution in [0.2, 0.25) is 0 Å². The fraction of sp³-hybridized carbons (Fsp3) is 1.00. The van der Waals surface area contributed by atoms with Crippen molar-refractivity contribution in [3.63, 3.8) is 0 Å². The van der Waals surface area contributed by atoms with E-state index in [1.807, 2.05) is 0 Å². The molecule has 6 heteroatoms. The van der Waals surface area contributed by atoms with Crippen LogP contribution in [0.4, 0.5) is 0 Å². The lowest BCUT2D eigenvalue weighted by molar-refractivity contribution is 0.0466. The highest BCUT2D eigenvalue weighted by molar-refractivity contribution is 7.85. The van der Waals surface area contributed by atoms with Crippen LogP contribution in [0.1, 0.15) is 77.6 Å². The number of ether oxygens (including phenoxy) is 2. The highest BCUT2D eigenvalue weighted by atomic mass is 32.2. The largest absolute Gasteiger partial charge is 0.748 e. The van der Waals surface area contributed by atoms with Crippen LogP contribution < -0.4 is 0 Å². The van der Waals surface area contributed by atoms with Gasteiger partial charge in [0.25, 0.3) is 0 Å². The van der Waals surface area contributed by atoms with Gasteiger partial charge in [0.2, 0.25) is 0 Å². The van der Waals surface area contributed by atoms with E-state index in [-0.39, 0.29) is 12.2 Å². The first-order valence-electron chi connectivity index (χ1n) is 9.15. The van der Waals surface area contributed by atoms with Gasteiger partial charge < -0.3 is 14.0 Å². The van der Waals surface area contributed by atoms with Crippen molar-refractivity contribution in [2.24, 2.45) is 0 Å². The summed E-state index contributed by atoms with van der Waals surface area (Å²) in [5.41, 5.74) is 0. The molecular formula is C17H35O5S-. The van der Waals surface area contributed by atoms with Gasteiger partial charge in [-0.05, 0) is 12.8 Å². The standard InChI is InChI=1S/C17H36O5S/c1-2-3-4-5-6-7-8-9-10-11-13-21-15-16-22-14-12-17-23(18,19)20/h2-17H2,1H3,(H,18,19,20)/p-1. The van der Waals surface area contributed by atoms with Crippen molar-refractivity contribution in [2.45, 2.75) is 77.6 Å². The van der Waals surface area contributed by atoms with E-state index in [1.165, 1.54) is 57.8 Å². The predicted molar refractivity (Wildman–Crippen MR) is 92.7 cm³/mol. The Labute approximate surface area is 142 Å². The molecule has 23 heavy (non-hydrogen) atoms. The zero-order valence-electron chi connectivity index (χ0n) is 14.8. The summed E-state index contributed by atoms with van der Waals surface area (Å²) in [5, 5.41) is 0. The Kier molecular flexibility index (Phi) is 16.6. The van der Waals surface area contributed by atoms with E-state index in [0.717, 1.165) is 13.0 Å². The van der Waals surface area contributed by atoms with E-state index in [9.17, 15) is 13.0 Å². The van der Waals surface area contributed by atoms with Gasteiger partial charge in [0.15, 0.2) is 0 Å². The van der Waals surface area contributed by atoms with Crippen molar-refractivity contribution in [3.05, 3.63) is 0 Å². The van der Waals surface area contributed by atoms with E-state index in [2.05, 4.69) is 6.92 Å². The van der Waals surface area contributed by atoms with Gasteiger partial charge in [-0.15, -0.1) is 0 Å². The zero-order chi connectivity index (χ0) is 17.2. The first kappa shape index (κ1) is 22.8. The van der Waals surface area contributed by atoms with E-state index in [4.69, 9.17) is 9.47 Å². The molecule has 0 aromatic heterocycles. The van der Waals surface area contributed by atoms with Crippen molar-refractivity contribution in [1.29, 1.82) is 0 Å². The second-order valence-corrected chi connectivity index (χ2v) is 7.55. The lowest BCUT2D eigenvalue weighted by Crippen LogP contribution is -2.10. The third-order valence-corrected chi connectivity index (χ3v) is 4.49. The van der Waals surface area contributed by atoms with Gasteiger partial charge in [0.1, 0.15) is 0 Å². The number of unbranched alkanes of at least 4 members (excludes halogenated alkanes) is 9. The molecule has 0 radical (unpaired) electrons. The predicted octanol–water partition coefficient (Wildman–Crippen LogP) is 3.88. The Hall–Kier alpha value is -0.170. The van der Waals surface area contributed by atoms with Crippen molar-refractivity contribution >= 4 is 10.1 Å². The normalized spacial score (nSPS) is 11.9. The smallest absolute Gasteiger partial charge is 0.0946 e. The van der Waals surface area contributed by atoms with Gasteiger partial charge >= 0.3 is 0 Å². The third kappa shape index (κ3) is 21.8. The van der Waals surface area contributed by atoms with E-state index in [1.54, 1.807) is 0 Å². The van der Waals surface area contributed by atoms with E-state index < -0.39 is 10.1 Å². The molecule has 0 bridgehead atoms. The summed E-state index contributed by atoms with van der Waals surface area (Å²) < 4.78 is 41.7. The minimum atomic E-state index is -4.11. The SMILES string of the molecule is CCCCCCCCCCCCOCCOCCCS(=O)(=O)[O-]. The van der Waals surface area contributed by atoms with Crippen LogP contribution in [0.15, 0.2) is 0 Å². The van der Waals surface area contributed by atoms with Gasteiger partial charge in [-0.2, -0.15) is 0 Å².